The zero-order valence-corrected chi connectivity index (χ0v) is 11.4. The van der Waals surface area contributed by atoms with Gasteiger partial charge < -0.3 is 5.73 Å². The molecule has 0 amide bonds. The van der Waals surface area contributed by atoms with Crippen LogP contribution in [0.5, 0.6) is 0 Å². The molecule has 0 aromatic heterocycles. The second-order valence-corrected chi connectivity index (χ2v) is 5.50. The van der Waals surface area contributed by atoms with Crippen LogP contribution in [-0.2, 0) is 5.75 Å². The maximum absolute atomic E-state index is 12.9. The molecule has 0 spiro atoms. The van der Waals surface area contributed by atoms with Gasteiger partial charge in [-0.3, -0.25) is 0 Å². The molecule has 17 heavy (non-hydrogen) atoms. The maximum atomic E-state index is 12.9. The van der Waals surface area contributed by atoms with Gasteiger partial charge in [-0.05, 0) is 42.0 Å². The number of hydrogen-bond acceptors (Lipinski definition) is 2. The molecule has 2 aromatic rings. The minimum Gasteiger partial charge on any atom is -0.399 e. The van der Waals surface area contributed by atoms with Gasteiger partial charge in [0.2, 0.25) is 0 Å². The molecule has 0 radical (unpaired) electrons. The minimum absolute atomic E-state index is 0.224. The van der Waals surface area contributed by atoms with Gasteiger partial charge in [0.05, 0.1) is 0 Å². The number of hydrogen-bond donors (Lipinski definition) is 1. The van der Waals surface area contributed by atoms with Gasteiger partial charge in [-0.25, -0.2) is 4.39 Å². The number of nitrogen functional groups attached to an aromatic ring is 1. The van der Waals surface area contributed by atoms with Crippen molar-refractivity contribution in [3.8, 4) is 0 Å². The van der Waals surface area contributed by atoms with E-state index in [9.17, 15) is 4.39 Å². The van der Waals surface area contributed by atoms with E-state index in [1.54, 1.807) is 17.8 Å². The number of rotatable bonds is 3. The fourth-order valence-electron chi connectivity index (χ4n) is 1.36. The summed E-state index contributed by atoms with van der Waals surface area (Å²) in [5.74, 6) is 0.572. The Bertz CT molecular complexity index is 513. The Kier molecular flexibility index (Phi) is 4.07. The lowest BCUT2D eigenvalue weighted by atomic mass is 10.2. The molecule has 0 aliphatic carbocycles. The van der Waals surface area contributed by atoms with Crippen LogP contribution in [-0.4, -0.2) is 0 Å². The summed E-state index contributed by atoms with van der Waals surface area (Å²) >= 11 is 5.05. The van der Waals surface area contributed by atoms with Gasteiger partial charge in [-0.15, -0.1) is 11.8 Å². The third-order valence-electron chi connectivity index (χ3n) is 2.29. The lowest BCUT2D eigenvalue weighted by Gasteiger charge is -2.05. The van der Waals surface area contributed by atoms with Crippen LogP contribution < -0.4 is 5.73 Å². The van der Waals surface area contributed by atoms with Crippen LogP contribution >= 0.6 is 27.7 Å². The van der Waals surface area contributed by atoms with E-state index in [-0.39, 0.29) is 5.82 Å². The quantitative estimate of drug-likeness (QED) is 0.669. The SMILES string of the molecule is Nc1ccc(SCc2ccc(F)cc2Br)cc1. The highest BCUT2D eigenvalue weighted by molar-refractivity contribution is 9.10. The summed E-state index contributed by atoms with van der Waals surface area (Å²) < 4.78 is 13.7. The molecule has 0 aliphatic heterocycles. The van der Waals surface area contributed by atoms with Crippen molar-refractivity contribution in [1.29, 1.82) is 0 Å². The molecule has 2 aromatic carbocycles. The lowest BCUT2D eigenvalue weighted by Crippen LogP contribution is -1.86. The Morgan fingerprint density at radius 1 is 1.12 bits per heavy atom. The topological polar surface area (TPSA) is 26.0 Å². The van der Waals surface area contributed by atoms with E-state index in [2.05, 4.69) is 15.9 Å². The average molecular weight is 312 g/mol. The normalized spacial score (nSPS) is 10.5. The Hall–Kier alpha value is -1.00. The van der Waals surface area contributed by atoms with Crippen molar-refractivity contribution in [2.45, 2.75) is 10.6 Å². The number of benzene rings is 2. The first kappa shape index (κ1) is 12.5. The van der Waals surface area contributed by atoms with Gasteiger partial charge in [0.25, 0.3) is 0 Å². The lowest BCUT2D eigenvalue weighted by molar-refractivity contribution is 0.626. The van der Waals surface area contributed by atoms with E-state index in [0.29, 0.717) is 0 Å². The molecule has 0 heterocycles. The summed E-state index contributed by atoms with van der Waals surface area (Å²) in [6, 6.07) is 12.5. The largest absolute Gasteiger partial charge is 0.399 e. The van der Waals surface area contributed by atoms with E-state index in [1.165, 1.54) is 12.1 Å². The molecule has 4 heteroatoms. The Balaban J connectivity index is 2.04. The van der Waals surface area contributed by atoms with E-state index in [0.717, 1.165) is 26.4 Å². The fourth-order valence-corrected chi connectivity index (χ4v) is 2.94. The average Bonchev–Trinajstić information content (AvgIpc) is 2.30. The summed E-state index contributed by atoms with van der Waals surface area (Å²) in [7, 11) is 0. The first-order valence-corrected chi connectivity index (χ1v) is 6.85. The van der Waals surface area contributed by atoms with E-state index in [1.807, 2.05) is 24.3 Å². The highest BCUT2D eigenvalue weighted by Crippen LogP contribution is 2.27. The molecular formula is C13H11BrFNS. The van der Waals surface area contributed by atoms with Gasteiger partial charge in [-0.2, -0.15) is 0 Å². The van der Waals surface area contributed by atoms with Crippen LogP contribution in [0.3, 0.4) is 0 Å². The molecule has 88 valence electrons. The number of thioether (sulfide) groups is 1. The third-order valence-corrected chi connectivity index (χ3v) is 4.09. The Morgan fingerprint density at radius 3 is 2.47 bits per heavy atom. The summed E-state index contributed by atoms with van der Waals surface area (Å²) in [5.41, 5.74) is 7.45. The van der Waals surface area contributed by atoms with Crippen molar-refractivity contribution in [2.24, 2.45) is 0 Å². The van der Waals surface area contributed by atoms with Crippen molar-refractivity contribution in [1.82, 2.24) is 0 Å². The molecule has 0 aliphatic rings. The molecule has 0 atom stereocenters. The second-order valence-electron chi connectivity index (χ2n) is 3.59. The predicted octanol–water partition coefficient (Wildman–Crippen LogP) is 4.46. The predicted molar refractivity (Wildman–Crippen MR) is 74.5 cm³/mol. The van der Waals surface area contributed by atoms with E-state index < -0.39 is 0 Å². The highest BCUT2D eigenvalue weighted by Gasteiger charge is 2.02. The zero-order valence-electron chi connectivity index (χ0n) is 8.99. The van der Waals surface area contributed by atoms with Gasteiger partial charge in [0, 0.05) is 20.8 Å². The standard InChI is InChI=1S/C13H11BrFNS/c14-13-7-10(15)2-1-9(13)8-17-12-5-3-11(16)4-6-12/h1-7H,8,16H2. The van der Waals surface area contributed by atoms with Crippen LogP contribution in [0, 0.1) is 5.82 Å². The number of nitrogens with two attached hydrogens (primary N) is 1. The number of anilines is 1. The third kappa shape index (κ3) is 3.48. The molecule has 2 rings (SSSR count). The van der Waals surface area contributed by atoms with Gasteiger partial charge in [0.1, 0.15) is 5.82 Å². The van der Waals surface area contributed by atoms with Crippen LogP contribution in [0.15, 0.2) is 51.8 Å². The maximum Gasteiger partial charge on any atom is 0.124 e. The van der Waals surface area contributed by atoms with E-state index in [4.69, 9.17) is 5.73 Å². The molecule has 1 nitrogen and oxygen atoms in total. The second kappa shape index (κ2) is 5.56. The molecular weight excluding hydrogens is 301 g/mol. The zero-order chi connectivity index (χ0) is 12.3. The summed E-state index contributed by atoms with van der Waals surface area (Å²) in [5, 5.41) is 0. The molecule has 2 N–H and O–H groups in total. The van der Waals surface area contributed by atoms with Crippen molar-refractivity contribution >= 4 is 33.4 Å². The van der Waals surface area contributed by atoms with Gasteiger partial charge >= 0.3 is 0 Å². The summed E-state index contributed by atoms with van der Waals surface area (Å²) in [6.45, 7) is 0. The van der Waals surface area contributed by atoms with Crippen LogP contribution in [0.4, 0.5) is 10.1 Å². The van der Waals surface area contributed by atoms with Crippen LogP contribution in [0.25, 0.3) is 0 Å². The first-order valence-electron chi connectivity index (χ1n) is 5.07. The summed E-state index contributed by atoms with van der Waals surface area (Å²) in [6.07, 6.45) is 0. The van der Waals surface area contributed by atoms with E-state index >= 15 is 0 Å². The minimum atomic E-state index is -0.224. The molecule has 0 fully saturated rings. The van der Waals surface area contributed by atoms with Crippen molar-refractivity contribution in [3.63, 3.8) is 0 Å². The molecule has 0 saturated carbocycles. The Labute approximate surface area is 112 Å². The Morgan fingerprint density at radius 2 is 1.82 bits per heavy atom. The van der Waals surface area contributed by atoms with Crippen molar-refractivity contribution < 1.29 is 4.39 Å². The molecule has 0 bridgehead atoms. The van der Waals surface area contributed by atoms with Gasteiger partial charge in [-0.1, -0.05) is 22.0 Å². The molecule has 0 unspecified atom stereocenters. The van der Waals surface area contributed by atoms with Crippen LogP contribution in [0.2, 0.25) is 0 Å². The highest BCUT2D eigenvalue weighted by atomic mass is 79.9. The van der Waals surface area contributed by atoms with Gasteiger partial charge in [0.15, 0.2) is 0 Å². The monoisotopic (exact) mass is 311 g/mol. The fraction of sp³-hybridized carbons (Fsp3) is 0.0769. The first-order chi connectivity index (χ1) is 8.15. The van der Waals surface area contributed by atoms with Crippen molar-refractivity contribution in [3.05, 3.63) is 58.3 Å². The summed E-state index contributed by atoms with van der Waals surface area (Å²) in [4.78, 5) is 1.15. The molecule has 0 saturated heterocycles. The smallest absolute Gasteiger partial charge is 0.124 e. The van der Waals surface area contributed by atoms with Crippen LogP contribution in [0.1, 0.15) is 5.56 Å². The number of halogens is 2. The van der Waals surface area contributed by atoms with Crippen molar-refractivity contribution in [2.75, 3.05) is 5.73 Å².